The Labute approximate surface area is 169 Å². The first kappa shape index (κ1) is 21.5. The van der Waals surface area contributed by atoms with E-state index in [0.29, 0.717) is 22.9 Å². The van der Waals surface area contributed by atoms with Crippen LogP contribution < -0.4 is 20.9 Å². The molecule has 3 N–H and O–H groups in total. The molecule has 4 amide bonds. The summed E-state index contributed by atoms with van der Waals surface area (Å²) in [7, 11) is 0. The normalized spacial score (nSPS) is 10.2. The number of carbonyl (C=O) groups is 2. The summed E-state index contributed by atoms with van der Waals surface area (Å²) in [5.74, 6) is -0.393. The number of hydrogen-bond acceptors (Lipinski definition) is 2. The van der Waals surface area contributed by atoms with E-state index in [1.165, 1.54) is 29.2 Å². The van der Waals surface area contributed by atoms with E-state index >= 15 is 0 Å². The van der Waals surface area contributed by atoms with Gasteiger partial charge in [-0.1, -0.05) is 24.9 Å². The molecule has 2 aromatic carbocycles. The third kappa shape index (κ3) is 7.08. The van der Waals surface area contributed by atoms with E-state index in [9.17, 15) is 14.0 Å². The molecule has 0 fully saturated rings. The Bertz CT molecular complexity index is 769. The Morgan fingerprint density at radius 1 is 1.00 bits per heavy atom. The molecule has 2 rings (SSSR count). The Morgan fingerprint density at radius 2 is 1.64 bits per heavy atom. The van der Waals surface area contributed by atoms with Gasteiger partial charge >= 0.3 is 12.1 Å². The largest absolute Gasteiger partial charge is 0.338 e. The third-order valence-electron chi connectivity index (χ3n) is 3.92. The number of rotatable bonds is 8. The first-order valence-electron chi connectivity index (χ1n) is 9.11. The summed E-state index contributed by atoms with van der Waals surface area (Å²) < 4.78 is 13.2. The van der Waals surface area contributed by atoms with Crippen LogP contribution in [0.3, 0.4) is 0 Å². The third-order valence-corrected chi connectivity index (χ3v) is 4.17. The molecule has 0 saturated carbocycles. The lowest BCUT2D eigenvalue weighted by Crippen LogP contribution is -2.43. The van der Waals surface area contributed by atoms with Crippen LogP contribution >= 0.6 is 11.6 Å². The van der Waals surface area contributed by atoms with Crippen LogP contribution in [0.2, 0.25) is 5.02 Å². The van der Waals surface area contributed by atoms with Crippen LogP contribution in [0, 0.1) is 5.82 Å². The van der Waals surface area contributed by atoms with Gasteiger partial charge in [0.1, 0.15) is 5.82 Å². The number of carbonyl (C=O) groups excluding carboxylic acids is 2. The number of urea groups is 2. The van der Waals surface area contributed by atoms with Crippen molar-refractivity contribution in [3.8, 4) is 0 Å². The van der Waals surface area contributed by atoms with E-state index in [1.807, 2.05) is 6.92 Å². The highest BCUT2D eigenvalue weighted by Crippen LogP contribution is 2.18. The summed E-state index contributed by atoms with van der Waals surface area (Å²) in [6.45, 7) is 3.09. The number of halogens is 2. The van der Waals surface area contributed by atoms with Crippen molar-refractivity contribution in [3.63, 3.8) is 0 Å². The highest BCUT2D eigenvalue weighted by molar-refractivity contribution is 6.30. The minimum Gasteiger partial charge on any atom is -0.338 e. The second-order valence-corrected chi connectivity index (χ2v) is 6.54. The molecule has 0 unspecified atom stereocenters. The van der Waals surface area contributed by atoms with Crippen LogP contribution in [-0.4, -0.2) is 31.7 Å². The highest BCUT2D eigenvalue weighted by atomic mass is 35.5. The Morgan fingerprint density at radius 3 is 2.29 bits per heavy atom. The van der Waals surface area contributed by atoms with Gasteiger partial charge in [0.15, 0.2) is 0 Å². The molecule has 0 bridgehead atoms. The molecule has 8 heteroatoms. The second-order valence-electron chi connectivity index (χ2n) is 6.10. The zero-order valence-corrected chi connectivity index (χ0v) is 16.4. The molecule has 28 heavy (non-hydrogen) atoms. The van der Waals surface area contributed by atoms with Crippen molar-refractivity contribution in [3.05, 3.63) is 59.4 Å². The highest BCUT2D eigenvalue weighted by Gasteiger charge is 2.16. The lowest BCUT2D eigenvalue weighted by Gasteiger charge is -2.23. The number of benzene rings is 2. The van der Waals surface area contributed by atoms with Crippen molar-refractivity contribution in [1.82, 2.24) is 10.6 Å². The van der Waals surface area contributed by atoms with E-state index < -0.39 is 11.8 Å². The van der Waals surface area contributed by atoms with Crippen molar-refractivity contribution in [1.29, 1.82) is 0 Å². The van der Waals surface area contributed by atoms with E-state index in [-0.39, 0.29) is 19.1 Å². The summed E-state index contributed by atoms with van der Waals surface area (Å²) in [5.41, 5.74) is 1.09. The smallest absolute Gasteiger partial charge is 0.326 e. The summed E-state index contributed by atoms with van der Waals surface area (Å²) in [6.07, 6.45) is 1.89. The fraction of sp³-hybridized carbons (Fsp3) is 0.300. The van der Waals surface area contributed by atoms with Gasteiger partial charge in [0, 0.05) is 36.0 Å². The zero-order chi connectivity index (χ0) is 20.4. The average Bonchev–Trinajstić information content (AvgIpc) is 2.68. The van der Waals surface area contributed by atoms with Gasteiger partial charge in [0.05, 0.1) is 0 Å². The van der Waals surface area contributed by atoms with Crippen LogP contribution in [0.4, 0.5) is 25.4 Å². The maximum atomic E-state index is 13.2. The first-order chi connectivity index (χ1) is 13.5. The molecule has 0 aromatic heterocycles. The molecule has 0 heterocycles. The number of unbranched alkanes of at least 4 members (excludes halogenated alkanes) is 1. The topological polar surface area (TPSA) is 73.5 Å². The van der Waals surface area contributed by atoms with Gasteiger partial charge in [-0.3, -0.25) is 4.90 Å². The van der Waals surface area contributed by atoms with E-state index in [4.69, 9.17) is 11.6 Å². The summed E-state index contributed by atoms with van der Waals surface area (Å²) in [4.78, 5) is 25.9. The number of nitrogens with zero attached hydrogens (tertiary/aromatic N) is 1. The molecule has 0 saturated heterocycles. The fourth-order valence-electron chi connectivity index (χ4n) is 2.42. The second kappa shape index (κ2) is 11.1. The average molecular weight is 407 g/mol. The summed E-state index contributed by atoms with van der Waals surface area (Å²) in [6, 6.07) is 11.6. The molecular weight excluding hydrogens is 383 g/mol. The summed E-state index contributed by atoms with van der Waals surface area (Å²) >= 11 is 5.86. The van der Waals surface area contributed by atoms with Gasteiger partial charge in [0.2, 0.25) is 0 Å². The number of amides is 4. The molecular formula is C20H24ClFN4O2. The quantitative estimate of drug-likeness (QED) is 0.560. The first-order valence-corrected chi connectivity index (χ1v) is 9.48. The SMILES string of the molecule is CCCCNC(=O)NCCN(C(=O)Nc1ccc(Cl)cc1)c1ccc(F)cc1. The van der Waals surface area contributed by atoms with Crippen LogP contribution in [-0.2, 0) is 0 Å². The predicted molar refractivity (Wildman–Crippen MR) is 111 cm³/mol. The maximum absolute atomic E-state index is 13.2. The van der Waals surface area contributed by atoms with Gasteiger partial charge < -0.3 is 16.0 Å². The van der Waals surface area contributed by atoms with Crippen molar-refractivity contribution in [2.45, 2.75) is 19.8 Å². The van der Waals surface area contributed by atoms with Crippen LogP contribution in [0.1, 0.15) is 19.8 Å². The zero-order valence-electron chi connectivity index (χ0n) is 15.7. The van der Waals surface area contributed by atoms with Gasteiger partial charge in [-0.2, -0.15) is 0 Å². The maximum Gasteiger partial charge on any atom is 0.326 e. The lowest BCUT2D eigenvalue weighted by molar-refractivity contribution is 0.240. The van der Waals surface area contributed by atoms with Crippen molar-refractivity contribution in [2.24, 2.45) is 0 Å². The number of anilines is 2. The van der Waals surface area contributed by atoms with Crippen molar-refractivity contribution >= 4 is 35.0 Å². The predicted octanol–water partition coefficient (Wildman–Crippen LogP) is 4.62. The molecule has 0 aliphatic heterocycles. The fourth-order valence-corrected chi connectivity index (χ4v) is 2.54. The minimum absolute atomic E-state index is 0.215. The Balaban J connectivity index is 2.00. The molecule has 6 nitrogen and oxygen atoms in total. The van der Waals surface area contributed by atoms with E-state index in [0.717, 1.165) is 12.8 Å². The monoisotopic (exact) mass is 406 g/mol. The minimum atomic E-state index is -0.401. The Kier molecular flexibility index (Phi) is 8.55. The van der Waals surface area contributed by atoms with Crippen molar-refractivity contribution in [2.75, 3.05) is 29.9 Å². The number of nitrogens with one attached hydrogen (secondary N) is 3. The lowest BCUT2D eigenvalue weighted by atomic mass is 10.2. The van der Waals surface area contributed by atoms with Gasteiger partial charge in [-0.15, -0.1) is 0 Å². The van der Waals surface area contributed by atoms with E-state index in [1.54, 1.807) is 24.3 Å². The summed E-state index contributed by atoms with van der Waals surface area (Å²) in [5, 5.41) is 8.79. The standard InChI is InChI=1S/C20H24ClFN4O2/c1-2-3-12-23-19(27)24-13-14-26(18-10-6-16(22)7-11-18)20(28)25-17-8-4-15(21)5-9-17/h4-11H,2-3,12-14H2,1H3,(H,25,28)(H2,23,24,27). The van der Waals surface area contributed by atoms with Gasteiger partial charge in [-0.25, -0.2) is 14.0 Å². The van der Waals surface area contributed by atoms with Gasteiger partial charge in [-0.05, 0) is 55.0 Å². The Hall–Kier alpha value is -2.80. The molecule has 0 aliphatic carbocycles. The molecule has 0 radical (unpaired) electrons. The molecule has 0 atom stereocenters. The number of hydrogen-bond donors (Lipinski definition) is 3. The molecule has 2 aromatic rings. The molecule has 150 valence electrons. The molecule has 0 aliphatic rings. The molecule has 0 spiro atoms. The van der Waals surface area contributed by atoms with Crippen LogP contribution in [0.15, 0.2) is 48.5 Å². The van der Waals surface area contributed by atoms with Crippen molar-refractivity contribution < 1.29 is 14.0 Å². The van der Waals surface area contributed by atoms with E-state index in [2.05, 4.69) is 16.0 Å². The van der Waals surface area contributed by atoms with Gasteiger partial charge in [0.25, 0.3) is 0 Å². The van der Waals surface area contributed by atoms with Crippen LogP contribution in [0.5, 0.6) is 0 Å². The van der Waals surface area contributed by atoms with Crippen LogP contribution in [0.25, 0.3) is 0 Å².